The molecular weight excluding hydrogens is 288 g/mol. The molecule has 0 saturated heterocycles. The Balaban J connectivity index is 2.20. The van der Waals surface area contributed by atoms with E-state index in [0.717, 1.165) is 15.8 Å². The van der Waals surface area contributed by atoms with Gasteiger partial charge in [0.05, 0.1) is 12.5 Å². The first kappa shape index (κ1) is 12.1. The van der Waals surface area contributed by atoms with Crippen LogP contribution in [0.1, 0.15) is 17.9 Å². The number of carbonyl (C=O) groups excluding carboxylic acids is 2. The monoisotopic (exact) mass is 298 g/mol. The lowest BCUT2D eigenvalue weighted by Gasteiger charge is -2.24. The lowest BCUT2D eigenvalue weighted by atomic mass is 9.89. The van der Waals surface area contributed by atoms with Gasteiger partial charge in [-0.25, -0.2) is 0 Å². The van der Waals surface area contributed by atoms with Gasteiger partial charge in [0, 0.05) is 10.0 Å². The summed E-state index contributed by atoms with van der Waals surface area (Å²) in [4.78, 5) is 21.8. The third-order valence-corrected chi connectivity index (χ3v) is 3.20. The van der Waals surface area contributed by atoms with Crippen molar-refractivity contribution in [3.05, 3.63) is 28.2 Å². The molecule has 5 heteroatoms. The second-order valence-electron chi connectivity index (χ2n) is 3.75. The summed E-state index contributed by atoms with van der Waals surface area (Å²) in [5, 5.41) is 0. The van der Waals surface area contributed by atoms with Gasteiger partial charge in [-0.1, -0.05) is 22.0 Å². The quantitative estimate of drug-likeness (QED) is 0.631. The predicted molar refractivity (Wildman–Crippen MR) is 64.0 cm³/mol. The third kappa shape index (κ3) is 2.66. The molecular formula is C12H11BrO4. The number of ether oxygens (including phenoxy) is 2. The van der Waals surface area contributed by atoms with Crippen LogP contribution in [-0.4, -0.2) is 25.5 Å². The van der Waals surface area contributed by atoms with E-state index in [1.54, 1.807) is 0 Å². The molecule has 0 radical (unpaired) electrons. The predicted octanol–water partition coefficient (Wildman–Crippen LogP) is 2.06. The van der Waals surface area contributed by atoms with Gasteiger partial charge in [-0.3, -0.25) is 9.59 Å². The molecule has 0 amide bonds. The largest absolute Gasteiger partial charge is 0.485 e. The molecule has 1 aromatic carbocycles. The summed E-state index contributed by atoms with van der Waals surface area (Å²) >= 11 is 3.35. The van der Waals surface area contributed by atoms with E-state index in [0.29, 0.717) is 12.9 Å². The standard InChI is InChI=1S/C12H11BrO4/c13-8-1-2-10-9(3-4-16-7-14)11(15)6-17-12(10)5-8/h1-2,5,7,9H,3-4,6H2. The molecule has 2 rings (SSSR count). The van der Waals surface area contributed by atoms with Crippen molar-refractivity contribution in [2.75, 3.05) is 13.2 Å². The number of halogens is 1. The van der Waals surface area contributed by atoms with Crippen LogP contribution < -0.4 is 4.74 Å². The van der Waals surface area contributed by atoms with Crippen LogP contribution in [0.2, 0.25) is 0 Å². The molecule has 1 aliphatic rings. The van der Waals surface area contributed by atoms with E-state index in [2.05, 4.69) is 20.7 Å². The normalized spacial score (nSPS) is 18.2. The highest BCUT2D eigenvalue weighted by Gasteiger charge is 2.28. The summed E-state index contributed by atoms with van der Waals surface area (Å²) in [6.45, 7) is 0.719. The van der Waals surface area contributed by atoms with Crippen LogP contribution in [0.5, 0.6) is 5.75 Å². The van der Waals surface area contributed by atoms with Crippen molar-refractivity contribution in [3.63, 3.8) is 0 Å². The van der Waals surface area contributed by atoms with Crippen molar-refractivity contribution in [1.82, 2.24) is 0 Å². The molecule has 17 heavy (non-hydrogen) atoms. The zero-order chi connectivity index (χ0) is 12.3. The summed E-state index contributed by atoms with van der Waals surface area (Å²) < 4.78 is 10.9. The maximum Gasteiger partial charge on any atom is 0.293 e. The van der Waals surface area contributed by atoms with Gasteiger partial charge < -0.3 is 9.47 Å². The average Bonchev–Trinajstić information content (AvgIpc) is 2.32. The van der Waals surface area contributed by atoms with E-state index in [1.165, 1.54) is 0 Å². The summed E-state index contributed by atoms with van der Waals surface area (Å²) in [7, 11) is 0. The average molecular weight is 299 g/mol. The fraction of sp³-hybridized carbons (Fsp3) is 0.333. The summed E-state index contributed by atoms with van der Waals surface area (Å²) in [6, 6.07) is 5.58. The molecule has 0 N–H and O–H groups in total. The van der Waals surface area contributed by atoms with Crippen LogP contribution in [0.15, 0.2) is 22.7 Å². The number of rotatable bonds is 4. The molecule has 0 fully saturated rings. The highest BCUT2D eigenvalue weighted by molar-refractivity contribution is 9.10. The first-order valence-electron chi connectivity index (χ1n) is 5.22. The molecule has 1 heterocycles. The van der Waals surface area contributed by atoms with Crippen molar-refractivity contribution in [1.29, 1.82) is 0 Å². The number of Topliss-reactive ketones (excluding diaryl/α,β-unsaturated/α-hetero) is 1. The first-order chi connectivity index (χ1) is 8.22. The number of ketones is 1. The van der Waals surface area contributed by atoms with Crippen LogP contribution >= 0.6 is 15.9 Å². The number of benzene rings is 1. The number of fused-ring (bicyclic) bond motifs is 1. The van der Waals surface area contributed by atoms with Crippen LogP contribution in [0.3, 0.4) is 0 Å². The van der Waals surface area contributed by atoms with Crippen molar-refractivity contribution in [2.45, 2.75) is 12.3 Å². The van der Waals surface area contributed by atoms with Gasteiger partial charge in [0.25, 0.3) is 6.47 Å². The Morgan fingerprint density at radius 3 is 3.12 bits per heavy atom. The number of hydrogen-bond acceptors (Lipinski definition) is 4. The Labute approximate surface area is 107 Å². The molecule has 1 unspecified atom stereocenters. The minimum absolute atomic E-state index is 0.0225. The van der Waals surface area contributed by atoms with Gasteiger partial charge in [0.15, 0.2) is 5.78 Å². The molecule has 1 aromatic rings. The minimum Gasteiger partial charge on any atom is -0.485 e. The van der Waals surface area contributed by atoms with Crippen molar-refractivity contribution in [3.8, 4) is 5.75 Å². The molecule has 4 nitrogen and oxygen atoms in total. The maximum atomic E-state index is 11.8. The zero-order valence-corrected chi connectivity index (χ0v) is 10.6. The van der Waals surface area contributed by atoms with Crippen LogP contribution in [0.4, 0.5) is 0 Å². The Kier molecular flexibility index (Phi) is 3.78. The second kappa shape index (κ2) is 5.31. The van der Waals surface area contributed by atoms with Crippen molar-refractivity contribution < 1.29 is 19.1 Å². The van der Waals surface area contributed by atoms with E-state index in [-0.39, 0.29) is 24.9 Å². The highest BCUT2D eigenvalue weighted by Crippen LogP contribution is 2.35. The minimum atomic E-state index is -0.244. The van der Waals surface area contributed by atoms with Gasteiger partial charge >= 0.3 is 0 Å². The molecule has 1 atom stereocenters. The van der Waals surface area contributed by atoms with E-state index in [9.17, 15) is 9.59 Å². The van der Waals surface area contributed by atoms with Crippen LogP contribution in [0, 0.1) is 0 Å². The Hall–Kier alpha value is -1.36. The lowest BCUT2D eigenvalue weighted by molar-refractivity contribution is -0.130. The fourth-order valence-corrected chi connectivity index (χ4v) is 2.23. The topological polar surface area (TPSA) is 52.6 Å². The van der Waals surface area contributed by atoms with Gasteiger partial charge in [-0.15, -0.1) is 0 Å². The van der Waals surface area contributed by atoms with Gasteiger partial charge in [0.2, 0.25) is 0 Å². The van der Waals surface area contributed by atoms with Gasteiger partial charge in [0.1, 0.15) is 12.4 Å². The lowest BCUT2D eigenvalue weighted by Crippen LogP contribution is -2.26. The molecule has 0 aromatic heterocycles. The number of hydrogen-bond donors (Lipinski definition) is 0. The molecule has 0 spiro atoms. The van der Waals surface area contributed by atoms with Crippen LogP contribution in [-0.2, 0) is 14.3 Å². The smallest absolute Gasteiger partial charge is 0.293 e. The molecule has 0 aliphatic carbocycles. The summed E-state index contributed by atoms with van der Waals surface area (Å²) in [5.41, 5.74) is 0.860. The first-order valence-corrected chi connectivity index (χ1v) is 6.02. The van der Waals surface area contributed by atoms with Crippen molar-refractivity contribution >= 4 is 28.2 Å². The van der Waals surface area contributed by atoms with Gasteiger partial charge in [-0.2, -0.15) is 0 Å². The Bertz CT molecular complexity index is 444. The zero-order valence-electron chi connectivity index (χ0n) is 9.02. The highest BCUT2D eigenvalue weighted by atomic mass is 79.9. The van der Waals surface area contributed by atoms with E-state index >= 15 is 0 Å². The molecule has 0 bridgehead atoms. The summed E-state index contributed by atoms with van der Waals surface area (Å²) in [6.07, 6.45) is 0.496. The van der Waals surface area contributed by atoms with E-state index < -0.39 is 0 Å². The second-order valence-corrected chi connectivity index (χ2v) is 4.66. The molecule has 0 saturated carbocycles. The maximum absolute atomic E-state index is 11.8. The van der Waals surface area contributed by atoms with E-state index in [1.807, 2.05) is 18.2 Å². The summed E-state index contributed by atoms with van der Waals surface area (Å²) in [5.74, 6) is 0.496. The van der Waals surface area contributed by atoms with E-state index in [4.69, 9.17) is 4.74 Å². The number of carbonyl (C=O) groups is 2. The fourth-order valence-electron chi connectivity index (χ4n) is 1.89. The van der Waals surface area contributed by atoms with Crippen LogP contribution in [0.25, 0.3) is 0 Å². The Morgan fingerprint density at radius 1 is 1.53 bits per heavy atom. The molecule has 90 valence electrons. The molecule has 1 aliphatic heterocycles. The Morgan fingerprint density at radius 2 is 2.35 bits per heavy atom. The third-order valence-electron chi connectivity index (χ3n) is 2.70. The van der Waals surface area contributed by atoms with Crippen molar-refractivity contribution in [2.24, 2.45) is 0 Å². The SMILES string of the molecule is O=COCCC1C(=O)COc2cc(Br)ccc21. The van der Waals surface area contributed by atoms with Gasteiger partial charge in [-0.05, 0) is 18.6 Å².